The molecule has 0 spiro atoms. The molecular formula is C19H21N3O6S. The second-order valence-corrected chi connectivity index (χ2v) is 8.44. The van der Waals surface area contributed by atoms with Crippen molar-refractivity contribution in [3.8, 4) is 5.75 Å². The third-order valence-corrected chi connectivity index (χ3v) is 6.71. The summed E-state index contributed by atoms with van der Waals surface area (Å²) in [5.74, 6) is 0.552. The molecule has 9 nitrogen and oxygen atoms in total. The van der Waals surface area contributed by atoms with Crippen LogP contribution in [0.4, 0.5) is 5.69 Å². The molecule has 0 bridgehead atoms. The average Bonchev–Trinajstić information content (AvgIpc) is 2.74. The molecule has 154 valence electrons. The quantitative estimate of drug-likeness (QED) is 0.520. The number of sulfonamides is 1. The van der Waals surface area contributed by atoms with E-state index in [4.69, 9.17) is 4.74 Å². The molecule has 2 aromatic carbocycles. The Hall–Kier alpha value is -2.98. The minimum absolute atomic E-state index is 0.0816. The number of ether oxygens (including phenoxy) is 1. The number of benzene rings is 2. The second-order valence-electron chi connectivity index (χ2n) is 6.54. The van der Waals surface area contributed by atoms with Crippen LogP contribution in [0.5, 0.6) is 5.75 Å². The number of para-hydroxylation sites is 1. The van der Waals surface area contributed by atoms with Crippen molar-refractivity contribution in [1.29, 1.82) is 0 Å². The molecule has 3 rings (SSSR count). The van der Waals surface area contributed by atoms with E-state index < -0.39 is 20.6 Å². The number of hydrogen-bond donors (Lipinski definition) is 0. The van der Waals surface area contributed by atoms with Crippen molar-refractivity contribution >= 4 is 21.6 Å². The first-order valence-electron chi connectivity index (χ1n) is 8.97. The summed E-state index contributed by atoms with van der Waals surface area (Å²) in [6.45, 7) is 0.613. The van der Waals surface area contributed by atoms with E-state index in [0.717, 1.165) is 5.56 Å². The molecule has 1 aliphatic heterocycles. The van der Waals surface area contributed by atoms with Crippen molar-refractivity contribution in [2.45, 2.75) is 11.3 Å². The summed E-state index contributed by atoms with van der Waals surface area (Å²) in [7, 11) is -2.46. The Morgan fingerprint density at radius 1 is 1.10 bits per heavy atom. The molecule has 1 saturated heterocycles. The summed E-state index contributed by atoms with van der Waals surface area (Å²) in [6.07, 6.45) is 0.189. The number of carbonyl (C=O) groups excluding carboxylic acids is 1. The maximum Gasteiger partial charge on any atom is 0.289 e. The van der Waals surface area contributed by atoms with Gasteiger partial charge in [-0.2, -0.15) is 4.31 Å². The second kappa shape index (κ2) is 8.58. The van der Waals surface area contributed by atoms with E-state index in [2.05, 4.69) is 0 Å². The number of nitrogens with zero attached hydrogens (tertiary/aromatic N) is 3. The van der Waals surface area contributed by atoms with E-state index in [0.29, 0.717) is 5.75 Å². The van der Waals surface area contributed by atoms with Gasteiger partial charge < -0.3 is 9.64 Å². The van der Waals surface area contributed by atoms with Gasteiger partial charge in [-0.1, -0.05) is 24.3 Å². The normalized spacial score (nSPS) is 15.1. The molecule has 1 heterocycles. The lowest BCUT2D eigenvalue weighted by molar-refractivity contribution is -0.387. The van der Waals surface area contributed by atoms with Crippen molar-refractivity contribution in [2.75, 3.05) is 33.3 Å². The summed E-state index contributed by atoms with van der Waals surface area (Å²) >= 11 is 0. The molecule has 0 atom stereocenters. The van der Waals surface area contributed by atoms with Crippen LogP contribution in [0, 0.1) is 10.1 Å². The van der Waals surface area contributed by atoms with Crippen molar-refractivity contribution in [3.05, 3.63) is 64.2 Å². The lowest BCUT2D eigenvalue weighted by Crippen LogP contribution is -2.50. The van der Waals surface area contributed by atoms with Crippen LogP contribution in [0.1, 0.15) is 5.56 Å². The van der Waals surface area contributed by atoms with Crippen molar-refractivity contribution in [1.82, 2.24) is 9.21 Å². The number of piperazine rings is 1. The fraction of sp³-hybridized carbons (Fsp3) is 0.316. The van der Waals surface area contributed by atoms with Gasteiger partial charge in [-0.15, -0.1) is 0 Å². The van der Waals surface area contributed by atoms with Gasteiger partial charge in [0.2, 0.25) is 15.9 Å². The average molecular weight is 419 g/mol. The highest BCUT2D eigenvalue weighted by Crippen LogP contribution is 2.27. The number of nitro benzene ring substituents is 1. The zero-order chi connectivity index (χ0) is 21.0. The molecule has 1 amide bonds. The highest BCUT2D eigenvalue weighted by atomic mass is 32.2. The predicted octanol–water partition coefficient (Wildman–Crippen LogP) is 1.68. The number of hydrogen-bond acceptors (Lipinski definition) is 6. The zero-order valence-corrected chi connectivity index (χ0v) is 16.7. The van der Waals surface area contributed by atoms with Crippen molar-refractivity contribution in [3.63, 3.8) is 0 Å². The van der Waals surface area contributed by atoms with Gasteiger partial charge in [-0.05, 0) is 23.8 Å². The molecule has 0 radical (unpaired) electrons. The van der Waals surface area contributed by atoms with Gasteiger partial charge in [-0.25, -0.2) is 8.42 Å². The molecule has 29 heavy (non-hydrogen) atoms. The van der Waals surface area contributed by atoms with Gasteiger partial charge >= 0.3 is 0 Å². The van der Waals surface area contributed by atoms with Crippen LogP contribution in [0.25, 0.3) is 0 Å². The molecule has 2 aromatic rings. The van der Waals surface area contributed by atoms with Gasteiger partial charge in [0.15, 0.2) is 4.90 Å². The zero-order valence-electron chi connectivity index (χ0n) is 15.9. The third-order valence-electron chi connectivity index (χ3n) is 4.76. The Labute approximate surface area is 168 Å². The van der Waals surface area contributed by atoms with E-state index in [-0.39, 0.29) is 43.4 Å². The van der Waals surface area contributed by atoms with Crippen LogP contribution in [-0.4, -0.2) is 61.7 Å². The van der Waals surface area contributed by atoms with Gasteiger partial charge in [0, 0.05) is 32.2 Å². The lowest BCUT2D eigenvalue weighted by atomic mass is 10.1. The number of nitro groups is 1. The van der Waals surface area contributed by atoms with Gasteiger partial charge in [0.1, 0.15) is 5.75 Å². The fourth-order valence-corrected chi connectivity index (χ4v) is 4.79. The summed E-state index contributed by atoms with van der Waals surface area (Å²) < 4.78 is 32.1. The smallest absolute Gasteiger partial charge is 0.289 e. The minimum atomic E-state index is -4.02. The summed E-state index contributed by atoms with van der Waals surface area (Å²) in [4.78, 5) is 24.3. The molecule has 0 saturated carbocycles. The molecule has 1 aliphatic rings. The maximum atomic E-state index is 12.9. The Morgan fingerprint density at radius 3 is 2.45 bits per heavy atom. The first-order chi connectivity index (χ1) is 13.8. The number of rotatable bonds is 6. The number of amides is 1. The van der Waals surface area contributed by atoms with Gasteiger partial charge in [-0.3, -0.25) is 14.9 Å². The topological polar surface area (TPSA) is 110 Å². The molecule has 0 N–H and O–H groups in total. The standard InChI is InChI=1S/C19H21N3O6S/c1-28-16-6-4-5-15(13-16)14-19(23)20-9-11-21(12-10-20)29(26,27)18-8-3-2-7-17(18)22(24)25/h2-8,13H,9-12,14H2,1H3. The Kier molecular flexibility index (Phi) is 6.14. The summed E-state index contributed by atoms with van der Waals surface area (Å²) in [6, 6.07) is 12.5. The van der Waals surface area contributed by atoms with Crippen LogP contribution in [0.3, 0.4) is 0 Å². The monoisotopic (exact) mass is 419 g/mol. The van der Waals surface area contributed by atoms with E-state index >= 15 is 0 Å². The minimum Gasteiger partial charge on any atom is -0.497 e. The van der Waals surface area contributed by atoms with Crippen LogP contribution in [0.2, 0.25) is 0 Å². The highest BCUT2D eigenvalue weighted by Gasteiger charge is 2.34. The Bertz CT molecular complexity index is 1020. The fourth-order valence-electron chi connectivity index (χ4n) is 3.21. The van der Waals surface area contributed by atoms with Crippen molar-refractivity contribution in [2.24, 2.45) is 0 Å². The maximum absolute atomic E-state index is 12.9. The van der Waals surface area contributed by atoms with Gasteiger partial charge in [0.05, 0.1) is 18.5 Å². The Balaban J connectivity index is 1.67. The predicted molar refractivity (Wildman–Crippen MR) is 105 cm³/mol. The largest absolute Gasteiger partial charge is 0.497 e. The summed E-state index contributed by atoms with van der Waals surface area (Å²) in [5.41, 5.74) is 0.355. The van der Waals surface area contributed by atoms with E-state index in [1.54, 1.807) is 30.2 Å². The van der Waals surface area contributed by atoms with E-state index in [1.807, 2.05) is 6.07 Å². The van der Waals surface area contributed by atoms with Crippen molar-refractivity contribution < 1.29 is 22.9 Å². The number of carbonyl (C=O) groups is 1. The summed E-state index contributed by atoms with van der Waals surface area (Å²) in [5, 5.41) is 11.2. The Morgan fingerprint density at radius 2 is 1.79 bits per heavy atom. The van der Waals surface area contributed by atoms with E-state index in [1.165, 1.54) is 28.6 Å². The van der Waals surface area contributed by atoms with E-state index in [9.17, 15) is 23.3 Å². The number of methoxy groups -OCH3 is 1. The van der Waals surface area contributed by atoms with Gasteiger partial charge in [0.25, 0.3) is 5.69 Å². The first-order valence-corrected chi connectivity index (χ1v) is 10.4. The SMILES string of the molecule is COc1cccc(CC(=O)N2CCN(S(=O)(=O)c3ccccc3[N+](=O)[O-])CC2)c1. The van der Waals surface area contributed by atoms with Crippen LogP contribution < -0.4 is 4.74 Å². The lowest BCUT2D eigenvalue weighted by Gasteiger charge is -2.34. The molecule has 0 unspecified atom stereocenters. The third kappa shape index (κ3) is 4.54. The van der Waals surface area contributed by atoms with Crippen LogP contribution in [0.15, 0.2) is 53.4 Å². The first kappa shape index (κ1) is 20.7. The molecule has 0 aliphatic carbocycles. The van der Waals surface area contributed by atoms with Crippen LogP contribution in [-0.2, 0) is 21.2 Å². The highest BCUT2D eigenvalue weighted by molar-refractivity contribution is 7.89. The molecular weight excluding hydrogens is 398 g/mol. The molecule has 10 heteroatoms. The molecule has 1 fully saturated rings. The molecule has 0 aromatic heterocycles. The van der Waals surface area contributed by atoms with Crippen LogP contribution >= 0.6 is 0 Å².